The maximum Gasteiger partial charge on any atom is 0.240 e. The van der Waals surface area contributed by atoms with Gasteiger partial charge in [-0.25, -0.2) is 0 Å². The molecule has 5 nitrogen and oxygen atoms in total. The molecule has 0 aromatic heterocycles. The highest BCUT2D eigenvalue weighted by Crippen LogP contribution is 2.32. The minimum Gasteiger partial charge on any atom is -0.492 e. The van der Waals surface area contributed by atoms with Crippen molar-refractivity contribution in [2.45, 2.75) is 37.3 Å². The Morgan fingerprint density at radius 2 is 1.84 bits per heavy atom. The fourth-order valence-electron chi connectivity index (χ4n) is 2.82. The van der Waals surface area contributed by atoms with Crippen LogP contribution in [0, 0.1) is 0 Å². The van der Waals surface area contributed by atoms with Crippen molar-refractivity contribution in [2.24, 2.45) is 5.73 Å². The van der Waals surface area contributed by atoms with Crippen LogP contribution in [0.3, 0.4) is 0 Å². The number of amides is 1. The van der Waals surface area contributed by atoms with Crippen molar-refractivity contribution in [3.05, 3.63) is 28.7 Å². The molecule has 1 aliphatic carbocycles. The average molecular weight is 455 g/mol. The highest BCUT2D eigenvalue weighted by Gasteiger charge is 2.46. The first kappa shape index (κ1) is 22.5. The van der Waals surface area contributed by atoms with E-state index in [1.165, 1.54) is 0 Å². The molecule has 1 saturated heterocycles. The van der Waals surface area contributed by atoms with E-state index in [9.17, 15) is 4.79 Å². The van der Waals surface area contributed by atoms with E-state index in [0.717, 1.165) is 55.5 Å². The zero-order valence-corrected chi connectivity index (χ0v) is 17.3. The number of nitrogens with one attached hydrogen (secondary N) is 1. The fraction of sp³-hybridized carbons (Fsp3) is 0.588. The second-order valence-electron chi connectivity index (χ2n) is 6.55. The third-order valence-electron chi connectivity index (χ3n) is 4.65. The Morgan fingerprint density at radius 1 is 1.24 bits per heavy atom. The Hall–Kier alpha value is -0.530. The van der Waals surface area contributed by atoms with Gasteiger partial charge in [-0.3, -0.25) is 9.69 Å². The van der Waals surface area contributed by atoms with Crippen LogP contribution in [-0.2, 0) is 4.79 Å². The van der Waals surface area contributed by atoms with E-state index in [1.54, 1.807) is 0 Å². The quantitative estimate of drug-likeness (QED) is 0.693. The number of halogens is 3. The Bertz CT molecular complexity index is 547. The number of benzene rings is 1. The van der Waals surface area contributed by atoms with Crippen LogP contribution in [-0.4, -0.2) is 48.6 Å². The highest BCUT2D eigenvalue weighted by molar-refractivity contribution is 9.10. The Balaban J connectivity index is 0.00000156. The third-order valence-corrected chi connectivity index (χ3v) is 5.18. The summed E-state index contributed by atoms with van der Waals surface area (Å²) >= 11 is 3.41. The van der Waals surface area contributed by atoms with Gasteiger partial charge in [-0.2, -0.15) is 0 Å². The van der Waals surface area contributed by atoms with Gasteiger partial charge >= 0.3 is 0 Å². The number of nitrogens with two attached hydrogens (primary N) is 1. The lowest BCUT2D eigenvalue weighted by atomic mass is 10.0. The van der Waals surface area contributed by atoms with Gasteiger partial charge < -0.3 is 15.8 Å². The number of carbonyl (C=O) groups excluding carboxylic acids is 1. The molecular formula is C17H26BrCl2N3O2. The van der Waals surface area contributed by atoms with Crippen molar-refractivity contribution < 1.29 is 9.53 Å². The molecule has 1 aliphatic heterocycles. The Labute approximate surface area is 170 Å². The normalized spacial score (nSPS) is 19.3. The van der Waals surface area contributed by atoms with Crippen LogP contribution in [0.4, 0.5) is 0 Å². The molecule has 0 unspecified atom stereocenters. The number of piperidine rings is 1. The van der Waals surface area contributed by atoms with Crippen molar-refractivity contribution in [1.82, 2.24) is 10.2 Å². The summed E-state index contributed by atoms with van der Waals surface area (Å²) in [6, 6.07) is 8.16. The van der Waals surface area contributed by atoms with E-state index in [4.69, 9.17) is 10.5 Å². The molecule has 8 heteroatoms. The molecule has 1 amide bonds. The Morgan fingerprint density at radius 3 is 2.40 bits per heavy atom. The molecule has 1 heterocycles. The van der Waals surface area contributed by atoms with Crippen molar-refractivity contribution in [3.63, 3.8) is 0 Å². The van der Waals surface area contributed by atoms with Crippen molar-refractivity contribution in [3.8, 4) is 5.75 Å². The summed E-state index contributed by atoms with van der Waals surface area (Å²) in [7, 11) is 0. The number of nitrogens with zero attached hydrogens (tertiary/aromatic N) is 1. The molecule has 2 fully saturated rings. The standard InChI is InChI=1S/C17H24BrN3O2.2ClH/c18-13-1-3-15(4-2-13)23-12-11-21-9-5-14(6-10-21)20-16(22)17(19)7-8-17;;/h1-4,14H,5-12,19H2,(H,20,22);2*1H. The van der Waals surface area contributed by atoms with Gasteiger partial charge in [-0.15, -0.1) is 24.8 Å². The maximum atomic E-state index is 12.0. The summed E-state index contributed by atoms with van der Waals surface area (Å²) in [5, 5.41) is 3.10. The van der Waals surface area contributed by atoms with Crippen LogP contribution < -0.4 is 15.8 Å². The average Bonchev–Trinajstić information content (AvgIpc) is 3.30. The second kappa shape index (κ2) is 9.97. The molecule has 1 saturated carbocycles. The summed E-state index contributed by atoms with van der Waals surface area (Å²) in [6.07, 6.45) is 3.62. The SMILES string of the molecule is Cl.Cl.NC1(C(=O)NC2CCN(CCOc3ccc(Br)cc3)CC2)CC1. The van der Waals surface area contributed by atoms with Gasteiger partial charge in [0.05, 0.1) is 5.54 Å². The van der Waals surface area contributed by atoms with Crippen LogP contribution in [0.25, 0.3) is 0 Å². The molecule has 3 N–H and O–H groups in total. The van der Waals surface area contributed by atoms with Crippen molar-refractivity contribution in [1.29, 1.82) is 0 Å². The molecule has 2 aliphatic rings. The number of ether oxygens (including phenoxy) is 1. The van der Waals surface area contributed by atoms with Crippen LogP contribution in [0.5, 0.6) is 5.75 Å². The minimum atomic E-state index is -0.560. The first-order valence-corrected chi connectivity index (χ1v) is 9.05. The molecule has 0 atom stereocenters. The summed E-state index contributed by atoms with van der Waals surface area (Å²) in [6.45, 7) is 3.58. The largest absolute Gasteiger partial charge is 0.492 e. The summed E-state index contributed by atoms with van der Waals surface area (Å²) in [4.78, 5) is 14.3. The molecule has 3 rings (SSSR count). The fourth-order valence-corrected chi connectivity index (χ4v) is 3.08. The van der Waals surface area contributed by atoms with Gasteiger partial charge in [0.1, 0.15) is 12.4 Å². The monoisotopic (exact) mass is 453 g/mol. The highest BCUT2D eigenvalue weighted by atomic mass is 79.9. The maximum absolute atomic E-state index is 12.0. The minimum absolute atomic E-state index is 0. The van der Waals surface area contributed by atoms with E-state index >= 15 is 0 Å². The topological polar surface area (TPSA) is 67.6 Å². The van der Waals surface area contributed by atoms with Crippen LogP contribution in [0.15, 0.2) is 28.7 Å². The molecule has 0 spiro atoms. The molecular weight excluding hydrogens is 429 g/mol. The molecule has 1 aromatic rings. The number of likely N-dealkylation sites (tertiary alicyclic amines) is 1. The first-order chi connectivity index (χ1) is 11.0. The lowest BCUT2D eigenvalue weighted by Crippen LogP contribution is -2.51. The van der Waals surface area contributed by atoms with E-state index in [0.29, 0.717) is 6.61 Å². The predicted molar refractivity (Wildman–Crippen MR) is 108 cm³/mol. The Kier molecular flexibility index (Phi) is 8.98. The van der Waals surface area contributed by atoms with Gasteiger partial charge in [0.15, 0.2) is 0 Å². The number of hydrogen-bond acceptors (Lipinski definition) is 4. The van der Waals surface area contributed by atoms with E-state index < -0.39 is 5.54 Å². The van der Waals surface area contributed by atoms with E-state index in [2.05, 4.69) is 26.1 Å². The van der Waals surface area contributed by atoms with Gasteiger partial charge in [0.25, 0.3) is 0 Å². The second-order valence-corrected chi connectivity index (χ2v) is 7.46. The number of rotatable bonds is 6. The zero-order valence-electron chi connectivity index (χ0n) is 14.1. The number of carbonyl (C=O) groups is 1. The molecule has 0 bridgehead atoms. The van der Waals surface area contributed by atoms with Gasteiger partial charge in [-0.1, -0.05) is 15.9 Å². The van der Waals surface area contributed by atoms with E-state index in [-0.39, 0.29) is 36.8 Å². The molecule has 142 valence electrons. The predicted octanol–water partition coefficient (Wildman–Crippen LogP) is 2.74. The van der Waals surface area contributed by atoms with Gasteiger partial charge in [-0.05, 0) is 49.9 Å². The van der Waals surface area contributed by atoms with Gasteiger partial charge in [0, 0.05) is 30.1 Å². The van der Waals surface area contributed by atoms with Crippen LogP contribution >= 0.6 is 40.7 Å². The first-order valence-electron chi connectivity index (χ1n) is 8.26. The molecule has 0 radical (unpaired) electrons. The lowest BCUT2D eigenvalue weighted by Gasteiger charge is -2.32. The van der Waals surface area contributed by atoms with Crippen molar-refractivity contribution >= 4 is 46.7 Å². The molecule has 1 aromatic carbocycles. The van der Waals surface area contributed by atoms with E-state index in [1.807, 2.05) is 24.3 Å². The summed E-state index contributed by atoms with van der Waals surface area (Å²) in [5.41, 5.74) is 5.36. The van der Waals surface area contributed by atoms with Crippen LogP contribution in [0.2, 0.25) is 0 Å². The summed E-state index contributed by atoms with van der Waals surface area (Å²) < 4.78 is 6.81. The zero-order chi connectivity index (χ0) is 16.3. The molecule has 25 heavy (non-hydrogen) atoms. The van der Waals surface area contributed by atoms with Gasteiger partial charge in [0.2, 0.25) is 5.91 Å². The van der Waals surface area contributed by atoms with Crippen LogP contribution in [0.1, 0.15) is 25.7 Å². The smallest absolute Gasteiger partial charge is 0.240 e. The third kappa shape index (κ3) is 6.61. The number of hydrogen-bond donors (Lipinski definition) is 2. The lowest BCUT2D eigenvalue weighted by molar-refractivity contribution is -0.124. The van der Waals surface area contributed by atoms with Crippen molar-refractivity contribution in [2.75, 3.05) is 26.2 Å². The summed E-state index contributed by atoms with van der Waals surface area (Å²) in [5.74, 6) is 0.933.